The van der Waals surface area contributed by atoms with Crippen molar-refractivity contribution >= 4 is 29.1 Å². The van der Waals surface area contributed by atoms with Crippen molar-refractivity contribution < 1.29 is 13.9 Å². The van der Waals surface area contributed by atoms with Crippen LogP contribution in [0.5, 0.6) is 11.5 Å². The fraction of sp³-hybridized carbons (Fsp3) is 0.250. The molecule has 1 heterocycles. The second kappa shape index (κ2) is 9.25. The molecule has 1 saturated carbocycles. The van der Waals surface area contributed by atoms with Crippen LogP contribution in [-0.2, 0) is 0 Å². The number of ether oxygens (including phenoxy) is 1. The van der Waals surface area contributed by atoms with E-state index >= 15 is 0 Å². The third-order valence-electron chi connectivity index (χ3n) is 5.20. The lowest BCUT2D eigenvalue weighted by Crippen LogP contribution is -2.28. The van der Waals surface area contributed by atoms with E-state index in [2.05, 4.69) is 16.4 Å². The predicted molar refractivity (Wildman–Crippen MR) is 120 cm³/mol. The summed E-state index contributed by atoms with van der Waals surface area (Å²) in [6.07, 6.45) is 3.96. The van der Waals surface area contributed by atoms with Crippen molar-refractivity contribution in [3.63, 3.8) is 0 Å². The van der Waals surface area contributed by atoms with Crippen LogP contribution in [0.25, 0.3) is 0 Å². The molecule has 7 heteroatoms. The van der Waals surface area contributed by atoms with Gasteiger partial charge in [0.1, 0.15) is 11.9 Å². The third-order valence-corrected chi connectivity index (χ3v) is 5.77. The Kier molecular flexibility index (Phi) is 6.44. The van der Waals surface area contributed by atoms with Crippen LogP contribution in [-0.4, -0.2) is 17.4 Å². The summed E-state index contributed by atoms with van der Waals surface area (Å²) in [5.41, 5.74) is 2.45. The van der Waals surface area contributed by atoms with Gasteiger partial charge in [-0.25, -0.2) is 4.39 Å². The van der Waals surface area contributed by atoms with Crippen LogP contribution in [0.3, 0.4) is 0 Å². The van der Waals surface area contributed by atoms with Crippen molar-refractivity contribution in [1.82, 2.24) is 10.3 Å². The first kappa shape index (κ1) is 21.6. The molecular formula is C24H21Cl2FN2O2. The molecule has 0 radical (unpaired) electrons. The van der Waals surface area contributed by atoms with Gasteiger partial charge < -0.3 is 10.1 Å². The number of nitrogens with zero attached hydrogens (tertiary/aromatic N) is 1. The Morgan fingerprint density at radius 1 is 1.23 bits per heavy atom. The minimum absolute atomic E-state index is 0.217. The van der Waals surface area contributed by atoms with Gasteiger partial charge in [-0.05, 0) is 61.1 Å². The van der Waals surface area contributed by atoms with Gasteiger partial charge in [-0.15, -0.1) is 0 Å². The van der Waals surface area contributed by atoms with Crippen molar-refractivity contribution in [3.05, 3.63) is 87.2 Å². The van der Waals surface area contributed by atoms with Crippen LogP contribution in [0, 0.1) is 6.92 Å². The molecule has 4 nitrogen and oxygen atoms in total. The van der Waals surface area contributed by atoms with Crippen LogP contribution in [0.2, 0.25) is 10.0 Å². The van der Waals surface area contributed by atoms with Crippen molar-refractivity contribution in [1.29, 1.82) is 0 Å². The second-order valence-electron chi connectivity index (χ2n) is 7.62. The van der Waals surface area contributed by atoms with E-state index in [1.54, 1.807) is 19.2 Å². The number of aromatic nitrogens is 1. The Morgan fingerprint density at radius 2 is 2.03 bits per heavy atom. The van der Waals surface area contributed by atoms with Gasteiger partial charge in [0.05, 0.1) is 18.3 Å². The molecule has 1 aliphatic carbocycles. The summed E-state index contributed by atoms with van der Waals surface area (Å²) in [5.74, 6) is 1.11. The summed E-state index contributed by atoms with van der Waals surface area (Å²) in [5, 5.41) is 3.27. The average Bonchev–Trinajstić information content (AvgIpc) is 3.58. The smallest absolute Gasteiger partial charge is 0.255 e. The van der Waals surface area contributed by atoms with E-state index in [-0.39, 0.29) is 17.1 Å². The Bertz CT molecular complexity index is 1120. The van der Waals surface area contributed by atoms with Gasteiger partial charge in [0, 0.05) is 21.8 Å². The van der Waals surface area contributed by atoms with Crippen LogP contribution in [0.4, 0.5) is 4.39 Å². The highest BCUT2D eigenvalue weighted by Crippen LogP contribution is 2.41. The summed E-state index contributed by atoms with van der Waals surface area (Å²) in [6, 6.07) is 12.4. The fourth-order valence-corrected chi connectivity index (χ4v) is 3.95. The number of halogens is 3. The maximum absolute atomic E-state index is 14.7. The number of carbonyl (C=O) groups excluding carboxylic acids is 1. The highest BCUT2D eigenvalue weighted by Gasteiger charge is 2.24. The predicted octanol–water partition coefficient (Wildman–Crippen LogP) is 6.81. The number of rotatable bonds is 7. The summed E-state index contributed by atoms with van der Waals surface area (Å²) >= 11 is 11.9. The maximum Gasteiger partial charge on any atom is 0.255 e. The minimum atomic E-state index is -1.48. The Hall–Kier alpha value is -2.63. The van der Waals surface area contributed by atoms with Crippen molar-refractivity contribution in [3.8, 4) is 11.5 Å². The number of alkyl halides is 1. The lowest BCUT2D eigenvalue weighted by molar-refractivity contribution is 0.0938. The van der Waals surface area contributed by atoms with E-state index < -0.39 is 12.1 Å². The van der Waals surface area contributed by atoms with Gasteiger partial charge >= 0.3 is 0 Å². The van der Waals surface area contributed by atoms with Crippen LogP contribution >= 0.6 is 23.2 Å². The first-order valence-electron chi connectivity index (χ1n) is 10.0. The van der Waals surface area contributed by atoms with Gasteiger partial charge in [0.25, 0.3) is 5.91 Å². The molecule has 2 aromatic carbocycles. The minimum Gasteiger partial charge on any atom is -0.455 e. The zero-order chi connectivity index (χ0) is 22.0. The molecule has 1 amide bonds. The largest absolute Gasteiger partial charge is 0.455 e. The maximum atomic E-state index is 14.7. The lowest BCUT2D eigenvalue weighted by Gasteiger charge is -2.15. The van der Waals surface area contributed by atoms with E-state index in [1.165, 1.54) is 36.7 Å². The number of aryl methyl sites for hydroxylation is 1. The molecule has 1 aliphatic rings. The molecule has 1 aromatic heterocycles. The molecule has 3 aromatic rings. The average molecular weight is 459 g/mol. The number of carbonyl (C=O) groups is 1. The summed E-state index contributed by atoms with van der Waals surface area (Å²) in [4.78, 5) is 17.0. The van der Waals surface area contributed by atoms with E-state index in [0.717, 1.165) is 0 Å². The number of amides is 1. The normalized spacial score (nSPS) is 14.2. The second-order valence-corrected chi connectivity index (χ2v) is 8.47. The van der Waals surface area contributed by atoms with Crippen molar-refractivity contribution in [2.75, 3.05) is 6.54 Å². The topological polar surface area (TPSA) is 51.2 Å². The molecule has 0 unspecified atom stereocenters. The van der Waals surface area contributed by atoms with Gasteiger partial charge in [-0.2, -0.15) is 0 Å². The fourth-order valence-electron chi connectivity index (χ4n) is 3.42. The van der Waals surface area contributed by atoms with E-state index in [9.17, 15) is 9.18 Å². The monoisotopic (exact) mass is 458 g/mol. The van der Waals surface area contributed by atoms with Crippen molar-refractivity contribution in [2.24, 2.45) is 0 Å². The van der Waals surface area contributed by atoms with E-state index in [4.69, 9.17) is 27.9 Å². The molecule has 160 valence electrons. The first-order chi connectivity index (χ1) is 14.9. The lowest BCUT2D eigenvalue weighted by atomic mass is 10.1. The summed E-state index contributed by atoms with van der Waals surface area (Å²) < 4.78 is 20.7. The number of hydrogen-bond acceptors (Lipinski definition) is 3. The quantitative estimate of drug-likeness (QED) is 0.423. The SMILES string of the molecule is Cc1cncc(Oc2cccc(C3CC3)c2)c1C(=O)NC[C@H](F)c1ccc(Cl)cc1Cl. The molecule has 0 bridgehead atoms. The Balaban J connectivity index is 1.49. The van der Waals surface area contributed by atoms with E-state index in [1.807, 2.05) is 18.2 Å². The molecule has 4 rings (SSSR count). The third kappa shape index (κ3) is 5.17. The summed E-state index contributed by atoms with van der Waals surface area (Å²) in [7, 11) is 0. The highest BCUT2D eigenvalue weighted by molar-refractivity contribution is 6.35. The Labute approximate surface area is 190 Å². The molecule has 0 spiro atoms. The van der Waals surface area contributed by atoms with Crippen molar-refractivity contribution in [2.45, 2.75) is 31.9 Å². The first-order valence-corrected chi connectivity index (χ1v) is 10.8. The molecule has 1 fully saturated rings. The zero-order valence-electron chi connectivity index (χ0n) is 16.9. The molecule has 1 N–H and O–H groups in total. The van der Waals surface area contributed by atoms with Crippen LogP contribution in [0.1, 0.15) is 52.0 Å². The van der Waals surface area contributed by atoms with E-state index in [0.29, 0.717) is 33.6 Å². The van der Waals surface area contributed by atoms with Gasteiger partial charge in [-0.3, -0.25) is 9.78 Å². The highest BCUT2D eigenvalue weighted by atomic mass is 35.5. The van der Waals surface area contributed by atoms with Crippen LogP contribution in [0.15, 0.2) is 54.9 Å². The van der Waals surface area contributed by atoms with Crippen LogP contribution < -0.4 is 10.1 Å². The molecule has 1 atom stereocenters. The summed E-state index contributed by atoms with van der Waals surface area (Å²) in [6.45, 7) is 1.52. The molecule has 0 saturated heterocycles. The van der Waals surface area contributed by atoms with Gasteiger partial charge in [0.2, 0.25) is 0 Å². The van der Waals surface area contributed by atoms with Gasteiger partial charge in [0.15, 0.2) is 5.75 Å². The van der Waals surface area contributed by atoms with Gasteiger partial charge in [-0.1, -0.05) is 41.4 Å². The number of benzene rings is 2. The standard InChI is InChI=1S/C24H21Cl2FN2O2/c1-14-11-28-13-22(31-18-4-2-3-16(9-18)15-5-6-15)23(14)24(30)29-12-21(27)19-8-7-17(25)10-20(19)26/h2-4,7-11,13,15,21H,5-6,12H2,1H3,(H,29,30)/t21-/m0/s1. The molecular weight excluding hydrogens is 438 g/mol. The zero-order valence-corrected chi connectivity index (χ0v) is 18.4. The number of hydrogen-bond donors (Lipinski definition) is 1. The Morgan fingerprint density at radius 3 is 2.77 bits per heavy atom. The number of pyridine rings is 1. The number of nitrogens with one attached hydrogen (secondary N) is 1. The molecule has 31 heavy (non-hydrogen) atoms. The molecule has 0 aliphatic heterocycles.